The first-order valence-corrected chi connectivity index (χ1v) is 21.0. The molecule has 0 spiro atoms. The highest BCUT2D eigenvalue weighted by Gasteiger charge is 2.33. The summed E-state index contributed by atoms with van der Waals surface area (Å²) >= 11 is 0. The van der Waals surface area contributed by atoms with Crippen molar-refractivity contribution in [2.45, 2.75) is 84.2 Å². The molecule has 4 amide bonds. The van der Waals surface area contributed by atoms with Crippen LogP contribution in [-0.2, 0) is 27.3 Å². The van der Waals surface area contributed by atoms with Gasteiger partial charge in [0.05, 0.1) is 34.8 Å². The molecule has 0 aliphatic carbocycles. The lowest BCUT2D eigenvalue weighted by Crippen LogP contribution is -2.44. The molecule has 2 bridgehead atoms. The molecule has 5 heterocycles. The fraction of sp³-hybridized carbons (Fsp3) is 0.444. The number of fused-ring (bicyclic) bond motifs is 5. The van der Waals surface area contributed by atoms with Gasteiger partial charge in [0.2, 0.25) is 23.7 Å². The predicted octanol–water partition coefficient (Wildman–Crippen LogP) is 5.64. The van der Waals surface area contributed by atoms with Crippen LogP contribution >= 0.6 is 0 Å². The molecule has 5 N–H and O–H groups in total. The molecular formula is C45H53F2N9O5. The maximum absolute atomic E-state index is 15.1. The predicted molar refractivity (Wildman–Crippen MR) is 228 cm³/mol. The first-order chi connectivity index (χ1) is 29.3. The van der Waals surface area contributed by atoms with Gasteiger partial charge in [0, 0.05) is 67.7 Å². The Morgan fingerprint density at radius 1 is 1.05 bits per heavy atom. The minimum atomic E-state index is -1.03. The number of nitrogens with two attached hydrogens (primary N) is 1. The van der Waals surface area contributed by atoms with E-state index in [9.17, 15) is 19.2 Å². The molecule has 0 radical (unpaired) electrons. The normalized spacial score (nSPS) is 23.1. The fourth-order valence-corrected chi connectivity index (χ4v) is 8.72. The van der Waals surface area contributed by atoms with Gasteiger partial charge >= 0.3 is 0 Å². The van der Waals surface area contributed by atoms with Crippen LogP contribution in [0.5, 0.6) is 0 Å². The number of hydrogen-bond donors (Lipinski definition) is 4. The number of aryl methyl sites for hydroxylation is 1. The average Bonchev–Trinajstić information content (AvgIpc) is 3.55. The molecule has 1 unspecified atom stereocenters. The Labute approximate surface area is 353 Å². The Hall–Kier alpha value is -6.03. The van der Waals surface area contributed by atoms with Crippen LogP contribution < -0.4 is 21.7 Å². The van der Waals surface area contributed by atoms with Crippen LogP contribution in [0.4, 0.5) is 14.7 Å². The molecule has 0 saturated carbocycles. The van der Waals surface area contributed by atoms with Gasteiger partial charge < -0.3 is 25.3 Å². The molecule has 61 heavy (non-hydrogen) atoms. The molecule has 4 atom stereocenters. The minimum absolute atomic E-state index is 0.0398. The van der Waals surface area contributed by atoms with E-state index >= 15 is 8.78 Å². The molecule has 14 nitrogen and oxygen atoms in total. The maximum atomic E-state index is 15.1. The second-order valence-electron chi connectivity index (χ2n) is 16.5. The minimum Gasteiger partial charge on any atom is -0.477 e. The summed E-state index contributed by atoms with van der Waals surface area (Å²) in [5, 5.41) is 8.32. The summed E-state index contributed by atoms with van der Waals surface area (Å²) in [7, 11) is 1.62. The van der Waals surface area contributed by atoms with Gasteiger partial charge in [-0.25, -0.2) is 13.8 Å². The number of ether oxygens (including phenoxy) is 1. The third kappa shape index (κ3) is 9.80. The number of halogens is 2. The van der Waals surface area contributed by atoms with Gasteiger partial charge in [0.1, 0.15) is 11.6 Å². The number of piperidine rings is 2. The second-order valence-corrected chi connectivity index (χ2v) is 16.5. The number of likely N-dealkylation sites (tertiary alicyclic amines) is 1. The van der Waals surface area contributed by atoms with E-state index < -0.39 is 29.4 Å². The number of hydrogen-bond acceptors (Lipinski definition) is 10. The van der Waals surface area contributed by atoms with Crippen LogP contribution in [0.2, 0.25) is 0 Å². The summed E-state index contributed by atoms with van der Waals surface area (Å²) in [4.78, 5) is 67.2. The Balaban J connectivity index is 0.991. The number of nitrogens with zero attached hydrogens (tertiary/aromatic N) is 5. The Bertz CT molecular complexity index is 2390. The highest BCUT2D eigenvalue weighted by atomic mass is 19.1. The first kappa shape index (κ1) is 43.1. The van der Waals surface area contributed by atoms with E-state index in [0.717, 1.165) is 37.7 Å². The standard InChI is InChI=1S/C45H53F2N9O5/c1-25-6-5-15-61-44(49-4)33(22-48)37-20-31(16-26(2)51-37)42(59)54-45-52-36-9-7-30(21-38(36)56(45)24-25)41(58)50-23-29-12-14-55(27(3)17-29)13-11-28-18-34(46)40(35(47)19-28)32-8-10-39(57)53-43(32)60/h7,9,16,18-22,25,27,29,32H,5-6,8,10-15,17,23-24,48H2,1-4H3,(H,50,58)(H,52,54,59)(H,53,57,60)/t25-,27+,29?,32-/m1/s1. The van der Waals surface area contributed by atoms with Crippen LogP contribution in [-0.4, -0.2) is 88.3 Å². The number of carbonyl (C=O) groups excluding carboxylic acids is 4. The Morgan fingerprint density at radius 3 is 2.56 bits per heavy atom. The smallest absolute Gasteiger partial charge is 0.258 e. The number of aromatic nitrogens is 3. The Morgan fingerprint density at radius 2 is 1.84 bits per heavy atom. The van der Waals surface area contributed by atoms with Crippen molar-refractivity contribution in [1.29, 1.82) is 0 Å². The first-order valence-electron chi connectivity index (χ1n) is 21.0. The molecular weight excluding hydrogens is 785 g/mol. The molecule has 4 aromatic rings. The van der Waals surface area contributed by atoms with E-state index in [1.165, 1.54) is 18.3 Å². The summed E-state index contributed by atoms with van der Waals surface area (Å²) in [6.07, 6.45) is 5.16. The number of benzene rings is 2. The number of pyridine rings is 1. The van der Waals surface area contributed by atoms with Gasteiger partial charge in [-0.05, 0) is 119 Å². The van der Waals surface area contributed by atoms with Crippen molar-refractivity contribution in [2.75, 3.05) is 38.6 Å². The van der Waals surface area contributed by atoms with Crippen molar-refractivity contribution < 1.29 is 32.7 Å². The number of carbonyl (C=O) groups is 4. The number of imide groups is 1. The molecule has 16 heteroatoms. The highest BCUT2D eigenvalue weighted by molar-refractivity contribution is 6.19. The van der Waals surface area contributed by atoms with Crippen molar-refractivity contribution >= 4 is 52.1 Å². The van der Waals surface area contributed by atoms with Gasteiger partial charge in [-0.3, -0.25) is 39.8 Å². The number of anilines is 1. The maximum Gasteiger partial charge on any atom is 0.258 e. The van der Waals surface area contributed by atoms with Gasteiger partial charge in [0.15, 0.2) is 0 Å². The van der Waals surface area contributed by atoms with Crippen LogP contribution in [0.3, 0.4) is 0 Å². The summed E-state index contributed by atoms with van der Waals surface area (Å²) in [6, 6.07) is 11.5. The summed E-state index contributed by atoms with van der Waals surface area (Å²) < 4.78 is 38.2. The van der Waals surface area contributed by atoms with Crippen LogP contribution in [0.25, 0.3) is 16.6 Å². The van der Waals surface area contributed by atoms with Crippen molar-refractivity contribution in [3.8, 4) is 0 Å². The number of imidazole rings is 1. The van der Waals surface area contributed by atoms with Crippen LogP contribution in [0, 0.1) is 30.4 Å². The van der Waals surface area contributed by atoms with Crippen molar-refractivity contribution in [2.24, 2.45) is 22.6 Å². The third-order valence-electron chi connectivity index (χ3n) is 12.0. The lowest BCUT2D eigenvalue weighted by atomic mass is 9.88. The molecule has 322 valence electrons. The molecule has 3 aliphatic heterocycles. The highest BCUT2D eigenvalue weighted by Crippen LogP contribution is 2.31. The summed E-state index contributed by atoms with van der Waals surface area (Å²) in [5.41, 5.74) is 10.00. The molecule has 2 aromatic heterocycles. The number of nitrogens with one attached hydrogen (secondary N) is 3. The van der Waals surface area contributed by atoms with Crippen molar-refractivity contribution in [3.05, 3.63) is 93.9 Å². The summed E-state index contributed by atoms with van der Waals surface area (Å²) in [6.45, 7) is 8.85. The monoisotopic (exact) mass is 837 g/mol. The zero-order valence-corrected chi connectivity index (χ0v) is 35.0. The van der Waals surface area contributed by atoms with E-state index in [2.05, 4.69) is 44.7 Å². The number of amides is 4. The van der Waals surface area contributed by atoms with Crippen LogP contribution in [0.1, 0.15) is 102 Å². The fourth-order valence-electron chi connectivity index (χ4n) is 8.72. The van der Waals surface area contributed by atoms with Gasteiger partial charge in [-0.15, -0.1) is 0 Å². The van der Waals surface area contributed by atoms with Gasteiger partial charge in [-0.1, -0.05) is 6.92 Å². The zero-order valence-electron chi connectivity index (χ0n) is 35.0. The Kier molecular flexibility index (Phi) is 13.2. The van der Waals surface area contributed by atoms with Crippen LogP contribution in [0.15, 0.2) is 53.7 Å². The molecule has 2 fully saturated rings. The van der Waals surface area contributed by atoms with Gasteiger partial charge in [-0.2, -0.15) is 0 Å². The zero-order chi connectivity index (χ0) is 43.4. The van der Waals surface area contributed by atoms with Gasteiger partial charge in [0.25, 0.3) is 11.8 Å². The second kappa shape index (κ2) is 18.7. The van der Waals surface area contributed by atoms with E-state index in [1.54, 1.807) is 38.2 Å². The summed E-state index contributed by atoms with van der Waals surface area (Å²) in [5.74, 6) is -3.15. The third-order valence-corrected chi connectivity index (χ3v) is 12.0. The lowest BCUT2D eigenvalue weighted by molar-refractivity contribution is -0.134. The van der Waals surface area contributed by atoms with Crippen molar-refractivity contribution in [1.82, 2.24) is 30.1 Å². The number of aliphatic imine (C=N–C) groups is 1. The van der Waals surface area contributed by atoms with E-state index in [-0.39, 0.29) is 48.1 Å². The van der Waals surface area contributed by atoms with Crippen molar-refractivity contribution in [3.63, 3.8) is 0 Å². The SMILES string of the molecule is CN=C1OCCC[C@@H](C)Cn2c(nc3ccc(C(=O)NCC4CCN(CCc5cc(F)c([C@H]6CCC(=O)NC6=O)c(F)c5)[C@@H](C)C4)cc32)NC(=O)c2cc(C)nc(c2)C1=CN. The molecule has 3 aliphatic rings. The quantitative estimate of drug-likeness (QED) is 0.171. The lowest BCUT2D eigenvalue weighted by Gasteiger charge is -2.37. The largest absolute Gasteiger partial charge is 0.477 e. The topological polar surface area (TPSA) is 186 Å². The number of rotatable bonds is 7. The van der Waals surface area contributed by atoms with E-state index in [1.807, 2.05) is 10.6 Å². The van der Waals surface area contributed by atoms with E-state index in [4.69, 9.17) is 15.5 Å². The molecule has 2 saturated heterocycles. The average molecular weight is 838 g/mol. The molecule has 2 aromatic carbocycles. The molecule has 7 rings (SSSR count). The van der Waals surface area contributed by atoms with E-state index in [0.29, 0.717) is 83.7 Å².